The lowest BCUT2D eigenvalue weighted by atomic mass is 10.0. The summed E-state index contributed by atoms with van der Waals surface area (Å²) in [5.74, 6) is -1.62. The normalized spacial score (nSPS) is 15.4. The zero-order chi connectivity index (χ0) is 29.8. The molecule has 2 aromatic heterocycles. The van der Waals surface area contributed by atoms with Crippen molar-refractivity contribution in [1.29, 1.82) is 0 Å². The lowest BCUT2D eigenvalue weighted by Gasteiger charge is -2.21. The van der Waals surface area contributed by atoms with Gasteiger partial charge in [0.2, 0.25) is 0 Å². The molecule has 4 N–H and O–H groups in total. The van der Waals surface area contributed by atoms with Crippen molar-refractivity contribution in [2.75, 3.05) is 0 Å². The average Bonchev–Trinajstić information content (AvgIpc) is 2.92. The van der Waals surface area contributed by atoms with Crippen LogP contribution in [0.4, 0.5) is 26.3 Å². The Balaban J connectivity index is 0. The van der Waals surface area contributed by atoms with E-state index in [0.717, 1.165) is 67.9 Å². The van der Waals surface area contributed by atoms with Crippen molar-refractivity contribution in [2.24, 2.45) is 0 Å². The summed E-state index contributed by atoms with van der Waals surface area (Å²) in [6.45, 7) is 0. The first-order valence-electron chi connectivity index (χ1n) is 12.8. The second-order valence-electron chi connectivity index (χ2n) is 9.36. The predicted octanol–water partition coefficient (Wildman–Crippen LogP) is 1.19. The fourth-order valence-corrected chi connectivity index (χ4v) is 5.46. The van der Waals surface area contributed by atoms with Crippen LogP contribution >= 0.6 is 24.6 Å². The van der Waals surface area contributed by atoms with E-state index >= 15 is 0 Å². The number of amides is 2. The molecule has 16 heteroatoms. The van der Waals surface area contributed by atoms with Gasteiger partial charge in [0, 0.05) is 35.3 Å². The minimum absolute atomic E-state index is 0. The van der Waals surface area contributed by atoms with E-state index in [-0.39, 0.29) is 32.2 Å². The third-order valence-corrected chi connectivity index (χ3v) is 7.87. The lowest BCUT2D eigenvalue weighted by Crippen LogP contribution is -3.00. The highest BCUT2D eigenvalue weighted by molar-refractivity contribution is 7.98. The van der Waals surface area contributed by atoms with E-state index in [1.165, 1.54) is 50.5 Å². The Kier molecular flexibility index (Phi) is 21.3. The number of pyridine rings is 2. The van der Waals surface area contributed by atoms with Gasteiger partial charge in [-0.2, -0.15) is 39.0 Å². The highest BCUT2D eigenvalue weighted by Crippen LogP contribution is 2.33. The van der Waals surface area contributed by atoms with Crippen LogP contribution in [-0.2, 0) is 12.4 Å². The van der Waals surface area contributed by atoms with Crippen molar-refractivity contribution >= 4 is 36.4 Å². The van der Waals surface area contributed by atoms with Crippen molar-refractivity contribution < 1.29 is 66.5 Å². The number of alkyl halides is 6. The van der Waals surface area contributed by atoms with Crippen LogP contribution in [0.25, 0.3) is 0 Å². The summed E-state index contributed by atoms with van der Waals surface area (Å²) >= 11 is 5.59. The second-order valence-corrected chi connectivity index (χ2v) is 11.2. The zero-order valence-corrected chi connectivity index (χ0v) is 25.7. The van der Waals surface area contributed by atoms with E-state index in [0.29, 0.717) is 5.25 Å². The van der Waals surface area contributed by atoms with Gasteiger partial charge in [-0.25, -0.2) is 4.79 Å². The van der Waals surface area contributed by atoms with Gasteiger partial charge >= 0.3 is 18.3 Å². The van der Waals surface area contributed by atoms with Gasteiger partial charge in [-0.15, -0.1) is 0 Å². The molecule has 6 nitrogen and oxygen atoms in total. The molecule has 43 heavy (non-hydrogen) atoms. The average molecular weight is 699 g/mol. The first kappa shape index (κ1) is 43.4. The fourth-order valence-electron chi connectivity index (χ4n) is 4.14. The summed E-state index contributed by atoms with van der Waals surface area (Å²) in [5, 5.41) is 1.02. The Morgan fingerprint density at radius 1 is 0.791 bits per heavy atom. The number of aromatic nitrogens is 2. The maximum atomic E-state index is 12.8. The standard InChI is InChI=1S/C13H15F3N2OS.C7H5F3N2O.C6H12S.CH4.2ClH/c14-13(15,16)11-6-7-17-8-10(11)12(19)18-20-9-4-2-1-3-5-9;8-7(9,10)5-1-2-12-3-4(5)6(11)13;7-6-4-2-1-3-5-6;;;/h6-9H,1-5H2,(H,18,19);1-3H,(H2,11,13);6-7H,1-5H2;1H4;2*1H/p-1. The Labute approximate surface area is 270 Å². The third kappa shape index (κ3) is 15.7. The van der Waals surface area contributed by atoms with Crippen molar-refractivity contribution in [3.05, 3.63) is 59.2 Å². The molecule has 2 aliphatic rings. The molecule has 2 aliphatic carbocycles. The summed E-state index contributed by atoms with van der Waals surface area (Å²) in [6, 6.07) is 1.57. The number of hydrogen-bond donors (Lipinski definition) is 3. The molecule has 2 fully saturated rings. The molecule has 0 aliphatic heterocycles. The highest BCUT2D eigenvalue weighted by atomic mass is 35.5. The summed E-state index contributed by atoms with van der Waals surface area (Å²) in [7, 11) is 0. The number of carbonyl (C=O) groups is 2. The van der Waals surface area contributed by atoms with E-state index in [4.69, 9.17) is 0 Å². The number of nitrogens with one attached hydrogen (secondary N) is 1. The van der Waals surface area contributed by atoms with Crippen LogP contribution < -0.4 is 35.3 Å². The van der Waals surface area contributed by atoms with Gasteiger partial charge in [0.05, 0.1) is 16.7 Å². The molecule has 0 aromatic carbocycles. The van der Waals surface area contributed by atoms with Gasteiger partial charge in [0.25, 0.3) is 5.91 Å². The number of quaternary nitrogens is 1. The number of carbonyl (C=O) groups excluding carboxylic acids is 2. The van der Waals surface area contributed by atoms with Crippen LogP contribution in [0.1, 0.15) is 103 Å². The van der Waals surface area contributed by atoms with Crippen LogP contribution in [0.15, 0.2) is 36.9 Å². The molecule has 2 heterocycles. The first-order chi connectivity index (χ1) is 18.8. The summed E-state index contributed by atoms with van der Waals surface area (Å²) < 4.78 is 77.5. The molecular formula is C27H37Cl2F6N4O2S2-. The molecule has 0 saturated heterocycles. The largest absolute Gasteiger partial charge is 1.00 e. The maximum Gasteiger partial charge on any atom is 0.417 e. The predicted molar refractivity (Wildman–Crippen MR) is 150 cm³/mol. The Morgan fingerprint density at radius 3 is 1.58 bits per heavy atom. The number of hydrogen-bond acceptors (Lipinski definition) is 6. The molecule has 0 atom stereocenters. The van der Waals surface area contributed by atoms with Crippen LogP contribution in [0.5, 0.6) is 0 Å². The van der Waals surface area contributed by atoms with Crippen molar-refractivity contribution in [3.8, 4) is 0 Å². The molecule has 4 rings (SSSR count). The maximum absolute atomic E-state index is 12.8. The van der Waals surface area contributed by atoms with Gasteiger partial charge in [0.1, 0.15) is 5.56 Å². The first-order valence-corrected chi connectivity index (χ1v) is 14.2. The number of thiol groups is 1. The Bertz CT molecular complexity index is 1100. The Hall–Kier alpha value is -1.74. The number of nitrogens with zero attached hydrogens (tertiary/aromatic N) is 2. The minimum Gasteiger partial charge on any atom is -1.00 e. The topological polar surface area (TPSA) is 99.6 Å². The van der Waals surface area contributed by atoms with Crippen LogP contribution in [0.3, 0.4) is 0 Å². The van der Waals surface area contributed by atoms with Gasteiger partial charge in [-0.3, -0.25) is 25.2 Å². The molecule has 2 saturated carbocycles. The van der Waals surface area contributed by atoms with Crippen molar-refractivity contribution in [3.63, 3.8) is 0 Å². The molecule has 2 aromatic rings. The quantitative estimate of drug-likeness (QED) is 0.254. The zero-order valence-electron chi connectivity index (χ0n) is 22.5. The van der Waals surface area contributed by atoms with E-state index < -0.39 is 46.4 Å². The van der Waals surface area contributed by atoms with E-state index in [1.807, 2.05) is 0 Å². The number of halogens is 8. The molecule has 0 bridgehead atoms. The van der Waals surface area contributed by atoms with Crippen LogP contribution in [-0.4, -0.2) is 32.3 Å². The van der Waals surface area contributed by atoms with Crippen LogP contribution in [0.2, 0.25) is 0 Å². The molecular weight excluding hydrogens is 661 g/mol. The SMILES string of the molecule is C.O=C(NSC1CCCCC1)c1cnccc1C(F)(F)F.SC1CCCCC1.[Cl-].[Cl-].[NH3+]C(=O)c1cnccc1C(F)(F)F. The molecule has 2 amide bonds. The Morgan fingerprint density at radius 2 is 1.21 bits per heavy atom. The van der Waals surface area contributed by atoms with E-state index in [1.54, 1.807) is 0 Å². The van der Waals surface area contributed by atoms with Gasteiger partial charge < -0.3 is 24.8 Å². The minimum atomic E-state index is -4.55. The molecule has 0 unspecified atom stereocenters. The van der Waals surface area contributed by atoms with E-state index in [2.05, 4.69) is 33.1 Å². The van der Waals surface area contributed by atoms with Gasteiger partial charge in [-0.1, -0.05) is 46.0 Å². The molecule has 246 valence electrons. The van der Waals surface area contributed by atoms with Gasteiger partial charge in [-0.05, 0) is 49.8 Å². The summed E-state index contributed by atoms with van der Waals surface area (Å²) in [5.41, 5.74) is 0.0244. The fraction of sp³-hybridized carbons (Fsp3) is 0.556. The second kappa shape index (κ2) is 21.1. The van der Waals surface area contributed by atoms with Crippen molar-refractivity contribution in [2.45, 2.75) is 94.5 Å². The molecule has 0 spiro atoms. The summed E-state index contributed by atoms with van der Waals surface area (Å²) in [6.07, 6.45) is 7.09. The summed E-state index contributed by atoms with van der Waals surface area (Å²) in [4.78, 5) is 29.6. The highest BCUT2D eigenvalue weighted by Gasteiger charge is 2.36. The number of rotatable bonds is 4. The molecule has 0 radical (unpaired) electrons. The third-order valence-electron chi connectivity index (χ3n) is 6.24. The van der Waals surface area contributed by atoms with Crippen LogP contribution in [0, 0.1) is 0 Å². The lowest BCUT2D eigenvalue weighted by molar-refractivity contribution is -0.255. The monoisotopic (exact) mass is 697 g/mol. The van der Waals surface area contributed by atoms with E-state index in [9.17, 15) is 35.9 Å². The smallest absolute Gasteiger partial charge is 0.417 e. The van der Waals surface area contributed by atoms with Crippen molar-refractivity contribution in [1.82, 2.24) is 14.7 Å². The van der Waals surface area contributed by atoms with Gasteiger partial charge in [0.15, 0.2) is 0 Å².